The minimum Gasteiger partial charge on any atom is -0.354 e. The van der Waals surface area contributed by atoms with E-state index in [1.807, 2.05) is 0 Å². The molecule has 0 amide bonds. The molecule has 1 aromatic rings. The van der Waals surface area contributed by atoms with Crippen LogP contribution in [0.4, 0.5) is 5.82 Å². The summed E-state index contributed by atoms with van der Waals surface area (Å²) in [4.78, 5) is 7.38. The average molecular weight is 259 g/mol. The van der Waals surface area contributed by atoms with Crippen LogP contribution in [0, 0.1) is 0 Å². The van der Waals surface area contributed by atoms with Crippen molar-refractivity contribution in [2.75, 3.05) is 11.4 Å². The summed E-state index contributed by atoms with van der Waals surface area (Å²) < 4.78 is 0. The predicted molar refractivity (Wildman–Crippen MR) is 79.4 cm³/mol. The molecule has 2 heterocycles. The van der Waals surface area contributed by atoms with Crippen LogP contribution in [-0.2, 0) is 6.54 Å². The zero-order valence-electron chi connectivity index (χ0n) is 11.9. The van der Waals surface area contributed by atoms with Gasteiger partial charge in [0.15, 0.2) is 0 Å². The van der Waals surface area contributed by atoms with Crippen molar-refractivity contribution in [2.24, 2.45) is 0 Å². The van der Waals surface area contributed by atoms with Crippen molar-refractivity contribution < 1.29 is 0 Å². The lowest BCUT2D eigenvalue weighted by Crippen LogP contribution is -2.39. The van der Waals surface area contributed by atoms with E-state index >= 15 is 0 Å². The van der Waals surface area contributed by atoms with Crippen molar-refractivity contribution in [3.63, 3.8) is 0 Å². The fourth-order valence-corrected chi connectivity index (χ4v) is 2.99. The number of pyridine rings is 1. The number of hydrogen-bond acceptors (Lipinski definition) is 3. The van der Waals surface area contributed by atoms with Gasteiger partial charge in [-0.15, -0.1) is 0 Å². The third-order valence-electron chi connectivity index (χ3n) is 4.33. The molecule has 1 saturated carbocycles. The molecule has 104 valence electrons. The Morgan fingerprint density at radius 1 is 1.26 bits per heavy atom. The van der Waals surface area contributed by atoms with Crippen LogP contribution in [0.25, 0.3) is 0 Å². The van der Waals surface area contributed by atoms with Gasteiger partial charge < -0.3 is 10.2 Å². The summed E-state index contributed by atoms with van der Waals surface area (Å²) in [6.07, 6.45) is 7.91. The van der Waals surface area contributed by atoms with Crippen LogP contribution in [0.3, 0.4) is 0 Å². The first-order valence-electron chi connectivity index (χ1n) is 7.83. The van der Waals surface area contributed by atoms with E-state index in [0.717, 1.165) is 12.6 Å². The maximum absolute atomic E-state index is 4.86. The Morgan fingerprint density at radius 3 is 2.95 bits per heavy atom. The Bertz CT molecular complexity index is 414. The second-order valence-corrected chi connectivity index (χ2v) is 5.89. The van der Waals surface area contributed by atoms with E-state index in [1.165, 1.54) is 56.6 Å². The van der Waals surface area contributed by atoms with Crippen LogP contribution in [0.1, 0.15) is 51.1 Å². The molecule has 1 N–H and O–H groups in total. The molecule has 0 radical (unpaired) electrons. The first-order chi connectivity index (χ1) is 9.36. The molecule has 1 saturated heterocycles. The molecular formula is C16H25N3. The number of nitrogens with zero attached hydrogens (tertiary/aromatic N) is 2. The Kier molecular flexibility index (Phi) is 4.02. The lowest BCUT2D eigenvalue weighted by Gasteiger charge is -2.36. The fraction of sp³-hybridized carbons (Fsp3) is 0.688. The van der Waals surface area contributed by atoms with Crippen molar-refractivity contribution in [1.82, 2.24) is 10.3 Å². The molecule has 1 aliphatic carbocycles. The SMILES string of the molecule is CCC1CCCCN1c1cccc(CNC2CC2)n1. The molecule has 1 atom stereocenters. The van der Waals surface area contributed by atoms with Gasteiger partial charge in [0.2, 0.25) is 0 Å². The lowest BCUT2D eigenvalue weighted by atomic mass is 10.00. The number of aromatic nitrogens is 1. The van der Waals surface area contributed by atoms with Crippen molar-refractivity contribution in [2.45, 2.75) is 64.1 Å². The second kappa shape index (κ2) is 5.91. The third kappa shape index (κ3) is 3.27. The Labute approximate surface area is 116 Å². The van der Waals surface area contributed by atoms with E-state index in [-0.39, 0.29) is 0 Å². The predicted octanol–water partition coefficient (Wildman–Crippen LogP) is 3.10. The summed E-state index contributed by atoms with van der Waals surface area (Å²) in [6.45, 7) is 4.38. The van der Waals surface area contributed by atoms with E-state index in [4.69, 9.17) is 4.98 Å². The van der Waals surface area contributed by atoms with E-state index in [0.29, 0.717) is 6.04 Å². The van der Waals surface area contributed by atoms with Gasteiger partial charge in [-0.3, -0.25) is 0 Å². The zero-order chi connectivity index (χ0) is 13.1. The number of rotatable bonds is 5. The Morgan fingerprint density at radius 2 is 2.16 bits per heavy atom. The highest BCUT2D eigenvalue weighted by Crippen LogP contribution is 2.25. The molecular weight excluding hydrogens is 234 g/mol. The smallest absolute Gasteiger partial charge is 0.129 e. The fourth-order valence-electron chi connectivity index (χ4n) is 2.99. The lowest BCUT2D eigenvalue weighted by molar-refractivity contribution is 0.446. The van der Waals surface area contributed by atoms with Gasteiger partial charge >= 0.3 is 0 Å². The minimum absolute atomic E-state index is 0.688. The van der Waals surface area contributed by atoms with Crippen LogP contribution in [-0.4, -0.2) is 23.6 Å². The van der Waals surface area contributed by atoms with Gasteiger partial charge in [-0.2, -0.15) is 0 Å². The van der Waals surface area contributed by atoms with Crippen LogP contribution >= 0.6 is 0 Å². The molecule has 1 aromatic heterocycles. The van der Waals surface area contributed by atoms with Crippen molar-refractivity contribution in [1.29, 1.82) is 0 Å². The van der Waals surface area contributed by atoms with Crippen molar-refractivity contribution >= 4 is 5.82 Å². The molecule has 3 rings (SSSR count). The number of nitrogens with one attached hydrogen (secondary N) is 1. The molecule has 3 heteroatoms. The summed E-state index contributed by atoms with van der Waals surface area (Å²) >= 11 is 0. The minimum atomic E-state index is 0.688. The third-order valence-corrected chi connectivity index (χ3v) is 4.33. The average Bonchev–Trinajstić information content (AvgIpc) is 3.29. The topological polar surface area (TPSA) is 28.2 Å². The van der Waals surface area contributed by atoms with Crippen LogP contribution in [0.5, 0.6) is 0 Å². The van der Waals surface area contributed by atoms with Gasteiger partial charge in [-0.1, -0.05) is 13.0 Å². The summed E-state index contributed by atoms with van der Waals surface area (Å²) in [5.41, 5.74) is 1.19. The molecule has 3 nitrogen and oxygen atoms in total. The van der Waals surface area contributed by atoms with Gasteiger partial charge in [-0.05, 0) is 50.7 Å². The normalized spacial score (nSPS) is 23.6. The molecule has 0 aromatic carbocycles. The molecule has 2 fully saturated rings. The molecule has 2 aliphatic rings. The van der Waals surface area contributed by atoms with Crippen LogP contribution in [0.2, 0.25) is 0 Å². The maximum Gasteiger partial charge on any atom is 0.129 e. The van der Waals surface area contributed by atoms with E-state index in [2.05, 4.69) is 35.3 Å². The van der Waals surface area contributed by atoms with E-state index < -0.39 is 0 Å². The first kappa shape index (κ1) is 12.9. The van der Waals surface area contributed by atoms with Crippen LogP contribution in [0.15, 0.2) is 18.2 Å². The quantitative estimate of drug-likeness (QED) is 0.880. The summed E-state index contributed by atoms with van der Waals surface area (Å²) in [6, 6.07) is 7.92. The number of piperidine rings is 1. The van der Waals surface area contributed by atoms with Crippen molar-refractivity contribution in [3.05, 3.63) is 23.9 Å². The summed E-state index contributed by atoms with van der Waals surface area (Å²) in [7, 11) is 0. The molecule has 1 unspecified atom stereocenters. The van der Waals surface area contributed by atoms with Gasteiger partial charge in [0, 0.05) is 25.2 Å². The Hall–Kier alpha value is -1.09. The zero-order valence-corrected chi connectivity index (χ0v) is 11.9. The van der Waals surface area contributed by atoms with Gasteiger partial charge in [0.1, 0.15) is 5.82 Å². The monoisotopic (exact) mass is 259 g/mol. The van der Waals surface area contributed by atoms with E-state index in [1.54, 1.807) is 0 Å². The number of anilines is 1. The molecule has 19 heavy (non-hydrogen) atoms. The maximum atomic E-state index is 4.86. The highest BCUT2D eigenvalue weighted by molar-refractivity contribution is 5.41. The molecule has 0 spiro atoms. The number of hydrogen-bond donors (Lipinski definition) is 1. The highest BCUT2D eigenvalue weighted by Gasteiger charge is 2.23. The van der Waals surface area contributed by atoms with E-state index in [9.17, 15) is 0 Å². The van der Waals surface area contributed by atoms with Crippen LogP contribution < -0.4 is 10.2 Å². The molecule has 0 bridgehead atoms. The summed E-state index contributed by atoms with van der Waals surface area (Å²) in [5, 5.41) is 3.55. The Balaban J connectivity index is 1.69. The van der Waals surface area contributed by atoms with Gasteiger partial charge in [-0.25, -0.2) is 4.98 Å². The van der Waals surface area contributed by atoms with Gasteiger partial charge in [0.05, 0.1) is 5.69 Å². The van der Waals surface area contributed by atoms with Crippen molar-refractivity contribution in [3.8, 4) is 0 Å². The first-order valence-corrected chi connectivity index (χ1v) is 7.83. The summed E-state index contributed by atoms with van der Waals surface area (Å²) in [5.74, 6) is 1.18. The molecule has 1 aliphatic heterocycles. The standard InChI is InChI=1S/C16H25N3/c1-2-15-7-3-4-11-19(15)16-8-5-6-14(18-16)12-17-13-9-10-13/h5-6,8,13,15,17H,2-4,7,9-12H2,1H3. The van der Waals surface area contributed by atoms with Gasteiger partial charge in [0.25, 0.3) is 0 Å². The highest BCUT2D eigenvalue weighted by atomic mass is 15.2. The second-order valence-electron chi connectivity index (χ2n) is 5.89. The largest absolute Gasteiger partial charge is 0.354 e.